The number of aliphatic imine (C=N–C) groups is 1. The molecule has 4 aromatic carbocycles. The molecule has 1 saturated heterocycles. The van der Waals surface area contributed by atoms with Crippen LogP contribution in [0.3, 0.4) is 0 Å². The number of fused-ring (bicyclic) bond motifs is 1. The molecule has 0 saturated carbocycles. The SMILES string of the molecule is O=C(O)[C@H](CC1=CCc2ccc(Cl)c(Cl)c21)N=C(c1ccccc1)c1ccccc1NC(=O)[C@@H]1CCCN1Cc1ccccc1. The van der Waals surface area contributed by atoms with Gasteiger partial charge in [0.1, 0.15) is 0 Å². The average Bonchev–Trinajstić information content (AvgIpc) is 3.69. The number of allylic oxidation sites excluding steroid dienone is 1. The van der Waals surface area contributed by atoms with E-state index >= 15 is 0 Å². The highest BCUT2D eigenvalue weighted by Crippen LogP contribution is 2.40. The Morgan fingerprint density at radius 2 is 1.64 bits per heavy atom. The molecule has 6 nitrogen and oxygen atoms in total. The normalized spacial score (nSPS) is 17.1. The third-order valence-corrected chi connectivity index (χ3v) is 9.24. The summed E-state index contributed by atoms with van der Waals surface area (Å²) in [6, 6.07) is 29.4. The van der Waals surface area contributed by atoms with E-state index < -0.39 is 12.0 Å². The van der Waals surface area contributed by atoms with Crippen molar-refractivity contribution in [2.75, 3.05) is 11.9 Å². The van der Waals surface area contributed by atoms with Crippen molar-refractivity contribution in [2.24, 2.45) is 4.99 Å². The van der Waals surface area contributed by atoms with Crippen molar-refractivity contribution in [3.05, 3.63) is 141 Å². The fourth-order valence-electron chi connectivity index (χ4n) is 6.22. The van der Waals surface area contributed by atoms with Crippen LogP contribution in [0.4, 0.5) is 5.69 Å². The Kier molecular flexibility index (Phi) is 9.45. The highest BCUT2D eigenvalue weighted by molar-refractivity contribution is 6.43. The lowest BCUT2D eigenvalue weighted by Crippen LogP contribution is -2.39. The van der Waals surface area contributed by atoms with Crippen molar-refractivity contribution in [3.63, 3.8) is 0 Å². The van der Waals surface area contributed by atoms with Crippen LogP contribution in [0.1, 0.15) is 47.1 Å². The van der Waals surface area contributed by atoms with Crippen LogP contribution in [0.2, 0.25) is 10.0 Å². The van der Waals surface area contributed by atoms with Gasteiger partial charge < -0.3 is 10.4 Å². The van der Waals surface area contributed by atoms with Gasteiger partial charge in [-0.3, -0.25) is 14.7 Å². The zero-order chi connectivity index (χ0) is 31.3. The minimum absolute atomic E-state index is 0.0858. The lowest BCUT2D eigenvalue weighted by molar-refractivity contribution is -0.138. The van der Waals surface area contributed by atoms with E-state index in [4.69, 9.17) is 28.2 Å². The number of carbonyl (C=O) groups excluding carboxylic acids is 1. The van der Waals surface area contributed by atoms with E-state index in [2.05, 4.69) is 22.3 Å². The zero-order valence-electron chi connectivity index (χ0n) is 24.6. The van der Waals surface area contributed by atoms with E-state index in [-0.39, 0.29) is 18.4 Å². The van der Waals surface area contributed by atoms with Crippen molar-refractivity contribution >= 4 is 52.1 Å². The molecule has 1 aliphatic carbocycles. The second-order valence-electron chi connectivity index (χ2n) is 11.4. The number of carboxylic acid groups (broad SMARTS) is 1. The van der Waals surface area contributed by atoms with Crippen molar-refractivity contribution < 1.29 is 14.7 Å². The number of nitrogens with one attached hydrogen (secondary N) is 1. The first kappa shape index (κ1) is 30.8. The Hall–Kier alpha value is -4.23. The molecular formula is C37H33Cl2N3O3. The predicted molar refractivity (Wildman–Crippen MR) is 181 cm³/mol. The molecule has 8 heteroatoms. The third-order valence-electron chi connectivity index (χ3n) is 8.44. The van der Waals surface area contributed by atoms with Crippen LogP contribution >= 0.6 is 23.2 Å². The number of carbonyl (C=O) groups is 2. The van der Waals surface area contributed by atoms with Gasteiger partial charge in [0.05, 0.1) is 27.5 Å². The van der Waals surface area contributed by atoms with Crippen LogP contribution in [0.15, 0.2) is 108 Å². The summed E-state index contributed by atoms with van der Waals surface area (Å²) in [6.07, 6.45) is 4.50. The quantitative estimate of drug-likeness (QED) is 0.173. The number of rotatable bonds is 10. The summed E-state index contributed by atoms with van der Waals surface area (Å²) in [5.41, 5.74) is 6.25. The van der Waals surface area contributed by atoms with Gasteiger partial charge in [0.2, 0.25) is 5.91 Å². The summed E-state index contributed by atoms with van der Waals surface area (Å²) in [5, 5.41) is 14.4. The van der Waals surface area contributed by atoms with Crippen LogP contribution < -0.4 is 5.32 Å². The number of nitrogens with zero attached hydrogens (tertiary/aromatic N) is 2. The third kappa shape index (κ3) is 6.89. The topological polar surface area (TPSA) is 82.0 Å². The van der Waals surface area contributed by atoms with Crippen LogP contribution in [0, 0.1) is 0 Å². The van der Waals surface area contributed by atoms with Gasteiger partial charge in [-0.25, -0.2) is 4.79 Å². The number of carboxylic acids is 1. The van der Waals surface area contributed by atoms with Gasteiger partial charge in [-0.15, -0.1) is 0 Å². The lowest BCUT2D eigenvalue weighted by Gasteiger charge is -2.24. The minimum Gasteiger partial charge on any atom is -0.480 e. The first-order valence-corrected chi connectivity index (χ1v) is 15.8. The lowest BCUT2D eigenvalue weighted by atomic mass is 9.97. The smallest absolute Gasteiger partial charge is 0.328 e. The van der Waals surface area contributed by atoms with Crippen molar-refractivity contribution in [2.45, 2.75) is 44.3 Å². The molecule has 45 heavy (non-hydrogen) atoms. The molecule has 6 rings (SSSR count). The predicted octanol–water partition coefficient (Wildman–Crippen LogP) is 7.92. The van der Waals surface area contributed by atoms with Gasteiger partial charge >= 0.3 is 5.97 Å². The van der Waals surface area contributed by atoms with E-state index in [0.717, 1.165) is 41.6 Å². The molecule has 0 unspecified atom stereocenters. The number of para-hydroxylation sites is 1. The van der Waals surface area contributed by atoms with Crippen molar-refractivity contribution in [1.82, 2.24) is 4.90 Å². The molecule has 0 aromatic heterocycles. The molecular weight excluding hydrogens is 605 g/mol. The zero-order valence-corrected chi connectivity index (χ0v) is 26.1. The Morgan fingerprint density at radius 3 is 2.40 bits per heavy atom. The average molecular weight is 639 g/mol. The molecule has 2 aliphatic rings. The summed E-state index contributed by atoms with van der Waals surface area (Å²) in [6.45, 7) is 1.55. The maximum absolute atomic E-state index is 13.7. The van der Waals surface area contributed by atoms with Crippen LogP contribution in [-0.4, -0.2) is 46.2 Å². The number of hydrogen-bond acceptors (Lipinski definition) is 4. The van der Waals surface area contributed by atoms with Crippen molar-refractivity contribution in [1.29, 1.82) is 0 Å². The van der Waals surface area contributed by atoms with E-state index in [1.54, 1.807) is 6.07 Å². The van der Waals surface area contributed by atoms with Gasteiger partial charge in [0.15, 0.2) is 6.04 Å². The number of halogens is 2. The largest absolute Gasteiger partial charge is 0.480 e. The summed E-state index contributed by atoms with van der Waals surface area (Å²) in [5.74, 6) is -1.14. The first-order valence-electron chi connectivity index (χ1n) is 15.1. The van der Waals surface area contributed by atoms with Crippen molar-refractivity contribution in [3.8, 4) is 0 Å². The molecule has 2 atom stereocenters. The summed E-state index contributed by atoms with van der Waals surface area (Å²) < 4.78 is 0. The van der Waals surface area contributed by atoms with Crippen LogP contribution in [-0.2, 0) is 22.6 Å². The summed E-state index contributed by atoms with van der Waals surface area (Å²) >= 11 is 12.9. The molecule has 2 N–H and O–H groups in total. The second kappa shape index (κ2) is 13.8. The fraction of sp³-hybridized carbons (Fsp3) is 0.216. The second-order valence-corrected chi connectivity index (χ2v) is 12.2. The number of aliphatic carboxylic acids is 1. The molecule has 1 aliphatic heterocycles. The van der Waals surface area contributed by atoms with Gasteiger partial charge in [-0.2, -0.15) is 0 Å². The number of anilines is 1. The van der Waals surface area contributed by atoms with Gasteiger partial charge in [0.25, 0.3) is 0 Å². The molecule has 228 valence electrons. The van der Waals surface area contributed by atoms with E-state index in [1.165, 1.54) is 5.56 Å². The van der Waals surface area contributed by atoms with E-state index in [1.807, 2.05) is 84.9 Å². The molecule has 4 aromatic rings. The maximum Gasteiger partial charge on any atom is 0.328 e. The van der Waals surface area contributed by atoms with Crippen LogP contribution in [0.5, 0.6) is 0 Å². The number of likely N-dealkylation sites (tertiary alicyclic amines) is 1. The molecule has 0 spiro atoms. The van der Waals surface area contributed by atoms with Crippen LogP contribution in [0.25, 0.3) is 5.57 Å². The Labute approximate surface area is 273 Å². The molecule has 0 bridgehead atoms. The Bertz CT molecular complexity index is 1770. The number of amides is 1. The number of benzene rings is 4. The number of hydrogen-bond donors (Lipinski definition) is 2. The van der Waals surface area contributed by atoms with Gasteiger partial charge in [-0.1, -0.05) is 114 Å². The summed E-state index contributed by atoms with van der Waals surface area (Å²) in [7, 11) is 0. The fourth-order valence-corrected chi connectivity index (χ4v) is 6.68. The Balaban J connectivity index is 1.32. The summed E-state index contributed by atoms with van der Waals surface area (Å²) in [4.78, 5) is 33.5. The van der Waals surface area contributed by atoms with Gasteiger partial charge in [0, 0.05) is 29.7 Å². The minimum atomic E-state index is -1.10. The highest BCUT2D eigenvalue weighted by atomic mass is 35.5. The standard InChI is InChI=1S/C37H33Cl2N3O3/c38-29-20-19-25-17-18-27(33(25)34(29)39)22-31(37(44)45)40-35(26-12-5-2-6-13-26)28-14-7-8-15-30(28)41-36(43)32-16-9-21-42(32)23-24-10-3-1-4-11-24/h1-8,10-15,18-20,31-32H,9,16-17,21-23H2,(H,41,43)(H,44,45)/t31-,32-/m0/s1. The molecule has 1 fully saturated rings. The maximum atomic E-state index is 13.7. The Morgan fingerprint density at radius 1 is 0.933 bits per heavy atom. The molecule has 1 amide bonds. The van der Waals surface area contributed by atoms with E-state index in [9.17, 15) is 14.7 Å². The molecule has 1 heterocycles. The monoisotopic (exact) mass is 637 g/mol. The molecule has 0 radical (unpaired) electrons. The highest BCUT2D eigenvalue weighted by Gasteiger charge is 2.32. The van der Waals surface area contributed by atoms with E-state index in [0.29, 0.717) is 40.0 Å². The first-order chi connectivity index (χ1) is 21.9. The van der Waals surface area contributed by atoms with Gasteiger partial charge in [-0.05, 0) is 54.6 Å².